The van der Waals surface area contributed by atoms with Crippen molar-refractivity contribution in [2.24, 2.45) is 0 Å². The van der Waals surface area contributed by atoms with Crippen LogP contribution >= 0.6 is 23.1 Å². The van der Waals surface area contributed by atoms with Crippen LogP contribution in [0.25, 0.3) is 5.00 Å². The molecule has 3 aromatic rings. The summed E-state index contributed by atoms with van der Waals surface area (Å²) >= 11 is 3.74. The molecule has 1 saturated heterocycles. The highest BCUT2D eigenvalue weighted by Crippen LogP contribution is 2.39. The van der Waals surface area contributed by atoms with E-state index in [9.17, 15) is 4.79 Å². The number of aryl methyl sites for hydroxylation is 1. The van der Waals surface area contributed by atoms with Crippen LogP contribution in [0.1, 0.15) is 32.4 Å². The molecular weight excluding hydrogens is 404 g/mol. The maximum Gasteiger partial charge on any atom is 0.257 e. The maximum absolute atomic E-state index is 13.6. The number of carbonyl (C=O) groups is 1. The summed E-state index contributed by atoms with van der Waals surface area (Å²) in [6, 6.07) is 4.04. The first-order valence-corrected chi connectivity index (χ1v) is 11.9. The lowest BCUT2D eigenvalue weighted by atomic mass is 10.1. The second-order valence-electron chi connectivity index (χ2n) is 7.48. The molecule has 2 aliphatic rings. The highest BCUT2D eigenvalue weighted by atomic mass is 32.2. The summed E-state index contributed by atoms with van der Waals surface area (Å²) in [4.78, 5) is 23.7. The van der Waals surface area contributed by atoms with Gasteiger partial charge in [-0.1, -0.05) is 0 Å². The van der Waals surface area contributed by atoms with Gasteiger partial charge in [0.25, 0.3) is 5.91 Å². The molecule has 0 saturated carbocycles. The summed E-state index contributed by atoms with van der Waals surface area (Å²) in [7, 11) is 0. The molecule has 0 aromatic carbocycles. The molecule has 9 heteroatoms. The zero-order valence-corrected chi connectivity index (χ0v) is 18.1. The van der Waals surface area contributed by atoms with Crippen molar-refractivity contribution in [3.8, 4) is 5.00 Å². The van der Waals surface area contributed by atoms with Crippen molar-refractivity contribution in [2.75, 3.05) is 31.9 Å². The number of nitrogens with zero attached hydrogens (tertiary/aromatic N) is 5. The molecule has 152 valence electrons. The molecule has 29 heavy (non-hydrogen) atoms. The van der Waals surface area contributed by atoms with Crippen molar-refractivity contribution in [1.29, 1.82) is 0 Å². The van der Waals surface area contributed by atoms with Gasteiger partial charge in [0.15, 0.2) is 5.82 Å². The number of thiophene rings is 1. The van der Waals surface area contributed by atoms with Crippen LogP contribution in [-0.4, -0.2) is 67.4 Å². The number of hydrogen-bond donors (Lipinski definition) is 1. The minimum atomic E-state index is 0.187. The monoisotopic (exact) mass is 428 g/mol. The van der Waals surface area contributed by atoms with Gasteiger partial charge < -0.3 is 9.47 Å². The van der Waals surface area contributed by atoms with Crippen LogP contribution in [0.2, 0.25) is 0 Å². The number of piperazine rings is 1. The zero-order valence-electron chi connectivity index (χ0n) is 16.4. The van der Waals surface area contributed by atoms with Crippen molar-refractivity contribution >= 4 is 29.0 Å². The van der Waals surface area contributed by atoms with E-state index in [4.69, 9.17) is 0 Å². The molecule has 5 rings (SSSR count). The lowest BCUT2D eigenvalue weighted by Crippen LogP contribution is -2.48. The fourth-order valence-electron chi connectivity index (χ4n) is 4.02. The van der Waals surface area contributed by atoms with Crippen molar-refractivity contribution < 1.29 is 4.79 Å². The lowest BCUT2D eigenvalue weighted by molar-refractivity contribution is 0.0625. The number of rotatable bonds is 4. The van der Waals surface area contributed by atoms with Gasteiger partial charge in [0, 0.05) is 49.2 Å². The summed E-state index contributed by atoms with van der Waals surface area (Å²) < 4.78 is 2.10. The summed E-state index contributed by atoms with van der Waals surface area (Å²) in [5.41, 5.74) is 2.21. The quantitative estimate of drug-likeness (QED) is 0.692. The number of amides is 1. The molecule has 0 unspecified atom stereocenters. The Bertz CT molecular complexity index is 1000. The number of aromatic nitrogens is 4. The Labute approximate surface area is 178 Å². The molecule has 1 N–H and O–H groups in total. The fourth-order valence-corrected chi connectivity index (χ4v) is 6.46. The summed E-state index contributed by atoms with van der Waals surface area (Å²) in [6.45, 7) is 5.82. The van der Waals surface area contributed by atoms with Gasteiger partial charge in [-0.3, -0.25) is 14.8 Å². The van der Waals surface area contributed by atoms with Crippen LogP contribution in [0.4, 0.5) is 0 Å². The summed E-state index contributed by atoms with van der Waals surface area (Å²) in [6.07, 6.45) is 5.07. The predicted molar refractivity (Wildman–Crippen MR) is 116 cm³/mol. The van der Waals surface area contributed by atoms with Gasteiger partial charge in [0.05, 0.1) is 12.1 Å². The molecule has 0 spiro atoms. The van der Waals surface area contributed by atoms with Crippen molar-refractivity contribution in [3.63, 3.8) is 0 Å². The Balaban J connectivity index is 1.34. The average molecular weight is 429 g/mol. The van der Waals surface area contributed by atoms with E-state index in [1.165, 1.54) is 10.4 Å². The minimum Gasteiger partial charge on any atom is -0.336 e. The molecule has 2 aliphatic heterocycles. The summed E-state index contributed by atoms with van der Waals surface area (Å²) in [5, 5.41) is 8.20. The Hall–Kier alpha value is -2.10. The van der Waals surface area contributed by atoms with Gasteiger partial charge in [-0.15, -0.1) is 11.3 Å². The number of aromatic amines is 1. The van der Waals surface area contributed by atoms with Crippen LogP contribution in [0, 0.1) is 6.92 Å². The molecule has 1 fully saturated rings. The topological polar surface area (TPSA) is 70.1 Å². The number of fused-ring (bicyclic) bond motifs is 1. The second kappa shape index (κ2) is 7.97. The van der Waals surface area contributed by atoms with Crippen LogP contribution in [-0.2, 0) is 18.7 Å². The number of carbonyl (C=O) groups excluding carboxylic acids is 1. The predicted octanol–water partition coefficient (Wildman–Crippen LogP) is 2.71. The highest BCUT2D eigenvalue weighted by molar-refractivity contribution is 7.98. The fraction of sp³-hybridized carbons (Fsp3) is 0.450. The Kier molecular flexibility index (Phi) is 5.19. The Morgan fingerprint density at radius 3 is 2.72 bits per heavy atom. The standard InChI is InChI=1S/C20H24N6OS2/c1-14-21-17(23-22-14)12-24-7-9-25(10-8-24)19(27)18-15-4-11-28-13-16(15)29-20(18)26-5-2-3-6-26/h2-3,5-6H,4,7-13H2,1H3,(H,21,22,23). The van der Waals surface area contributed by atoms with Gasteiger partial charge in [-0.25, -0.2) is 4.98 Å². The molecule has 0 radical (unpaired) electrons. The number of thioether (sulfide) groups is 1. The molecule has 0 bridgehead atoms. The first-order valence-electron chi connectivity index (χ1n) is 9.94. The van der Waals surface area contributed by atoms with E-state index >= 15 is 0 Å². The third-order valence-electron chi connectivity index (χ3n) is 5.52. The van der Waals surface area contributed by atoms with Crippen molar-refractivity contribution in [2.45, 2.75) is 25.6 Å². The number of hydrogen-bond acceptors (Lipinski definition) is 6. The zero-order chi connectivity index (χ0) is 19.8. The normalized spacial score (nSPS) is 17.5. The third-order valence-corrected chi connectivity index (χ3v) is 7.94. The molecule has 0 atom stereocenters. The van der Waals surface area contributed by atoms with Gasteiger partial charge >= 0.3 is 0 Å². The van der Waals surface area contributed by atoms with E-state index in [0.717, 1.165) is 72.9 Å². The number of nitrogens with one attached hydrogen (secondary N) is 1. The highest BCUT2D eigenvalue weighted by Gasteiger charge is 2.31. The first-order chi connectivity index (χ1) is 14.2. The van der Waals surface area contributed by atoms with E-state index in [1.54, 1.807) is 11.3 Å². The van der Waals surface area contributed by atoms with Gasteiger partial charge in [-0.05, 0) is 36.8 Å². The molecule has 1 amide bonds. The van der Waals surface area contributed by atoms with E-state index in [1.807, 2.05) is 48.1 Å². The Morgan fingerprint density at radius 2 is 2.00 bits per heavy atom. The Morgan fingerprint density at radius 1 is 1.21 bits per heavy atom. The van der Waals surface area contributed by atoms with Crippen LogP contribution in [0.3, 0.4) is 0 Å². The van der Waals surface area contributed by atoms with Gasteiger partial charge in [-0.2, -0.15) is 16.9 Å². The van der Waals surface area contributed by atoms with Crippen LogP contribution in [0.15, 0.2) is 24.5 Å². The van der Waals surface area contributed by atoms with Gasteiger partial charge in [0.1, 0.15) is 10.8 Å². The van der Waals surface area contributed by atoms with Crippen molar-refractivity contribution in [1.82, 2.24) is 29.5 Å². The van der Waals surface area contributed by atoms with Crippen molar-refractivity contribution in [3.05, 3.63) is 52.2 Å². The SMILES string of the molecule is Cc1nc(CN2CCN(C(=O)c3c(-n4cccc4)sc4c3CCSC4)CC2)n[nH]1. The molecule has 0 aliphatic carbocycles. The summed E-state index contributed by atoms with van der Waals surface area (Å²) in [5.74, 6) is 3.96. The molecule has 5 heterocycles. The second-order valence-corrected chi connectivity index (χ2v) is 9.67. The molecule has 7 nitrogen and oxygen atoms in total. The molecular formula is C20H24N6OS2. The van der Waals surface area contributed by atoms with Gasteiger partial charge in [0.2, 0.25) is 0 Å². The first kappa shape index (κ1) is 18.9. The van der Waals surface area contributed by atoms with E-state index < -0.39 is 0 Å². The van der Waals surface area contributed by atoms with E-state index in [-0.39, 0.29) is 5.91 Å². The van der Waals surface area contributed by atoms with Crippen LogP contribution in [0.5, 0.6) is 0 Å². The van der Waals surface area contributed by atoms with E-state index in [0.29, 0.717) is 0 Å². The third kappa shape index (κ3) is 3.74. The lowest BCUT2D eigenvalue weighted by Gasteiger charge is -2.34. The molecule has 3 aromatic heterocycles. The minimum absolute atomic E-state index is 0.187. The largest absolute Gasteiger partial charge is 0.336 e. The average Bonchev–Trinajstić information content (AvgIpc) is 3.47. The smallest absolute Gasteiger partial charge is 0.257 e. The van der Waals surface area contributed by atoms with E-state index in [2.05, 4.69) is 24.6 Å². The number of H-pyrrole nitrogens is 1. The van der Waals surface area contributed by atoms with Crippen LogP contribution < -0.4 is 0 Å². The maximum atomic E-state index is 13.6.